The molecule has 0 bridgehead atoms. The Kier molecular flexibility index (Phi) is 2.66. The minimum Gasteiger partial charge on any atom is -0.457 e. The topological polar surface area (TPSA) is 61.1 Å². The van der Waals surface area contributed by atoms with Gasteiger partial charge < -0.3 is 4.24 Å². The van der Waals surface area contributed by atoms with Gasteiger partial charge in [-0.3, -0.25) is 11.8 Å². The summed E-state index contributed by atoms with van der Waals surface area (Å²) in [5.41, 5.74) is 0.878. The van der Waals surface area contributed by atoms with Crippen LogP contribution in [0.2, 0.25) is 0 Å². The first-order valence-electron chi connectivity index (χ1n) is 3.07. The van der Waals surface area contributed by atoms with E-state index in [0.29, 0.717) is 0 Å². The van der Waals surface area contributed by atoms with Crippen LogP contribution >= 0.6 is 11.8 Å². The van der Waals surface area contributed by atoms with E-state index in [1.165, 1.54) is 12.3 Å². The molecular weight excluding hydrogens is 200 g/mol. The quantitative estimate of drug-likeness (QED) is 0.737. The van der Waals surface area contributed by atoms with E-state index in [0.717, 1.165) is 5.56 Å². The zero-order chi connectivity index (χ0) is 9.19. The smallest absolute Gasteiger partial charge is 0.137 e. The first-order valence-corrected chi connectivity index (χ1v) is 4.85. The summed E-state index contributed by atoms with van der Waals surface area (Å²) in [7, 11) is -3.74. The molecule has 0 N–H and O–H groups in total. The molecule has 1 aromatic heterocycles. The molecule has 0 fully saturated rings. The van der Waals surface area contributed by atoms with E-state index in [-0.39, 0.29) is 5.03 Å². The van der Waals surface area contributed by atoms with Crippen molar-refractivity contribution in [2.24, 2.45) is 0 Å². The van der Waals surface area contributed by atoms with Gasteiger partial charge in [0.15, 0.2) is 0 Å². The lowest BCUT2D eigenvalue weighted by Gasteiger charge is -2.10. The first kappa shape index (κ1) is 9.44. The van der Waals surface area contributed by atoms with Crippen molar-refractivity contribution < 1.29 is 8.42 Å². The second-order valence-corrected chi connectivity index (χ2v) is 4.14. The van der Waals surface area contributed by atoms with Gasteiger partial charge >= 0.3 is 0 Å². The van der Waals surface area contributed by atoms with Gasteiger partial charge in [0.2, 0.25) is 0 Å². The van der Waals surface area contributed by atoms with Crippen LogP contribution in [0.3, 0.4) is 0 Å². The largest absolute Gasteiger partial charge is 0.457 e. The van der Waals surface area contributed by atoms with Crippen LogP contribution in [-0.4, -0.2) is 13.4 Å². The van der Waals surface area contributed by atoms with E-state index >= 15 is 0 Å². The minimum absolute atomic E-state index is 0.136. The zero-order valence-electron chi connectivity index (χ0n) is 6.23. The number of pyridine rings is 1. The van der Waals surface area contributed by atoms with Crippen LogP contribution in [0.25, 0.3) is 4.24 Å². The highest BCUT2D eigenvalue weighted by molar-refractivity contribution is 7.95. The van der Waals surface area contributed by atoms with E-state index in [9.17, 15) is 8.42 Å². The summed E-state index contributed by atoms with van der Waals surface area (Å²) in [5.74, 6) is 0. The molecular formula is C6H6ClN2O2S-. The highest BCUT2D eigenvalue weighted by atomic mass is 35.5. The molecule has 0 aliphatic heterocycles. The molecule has 0 amide bonds. The molecule has 12 heavy (non-hydrogen) atoms. The van der Waals surface area contributed by atoms with Crippen LogP contribution in [0.15, 0.2) is 23.4 Å². The highest BCUT2D eigenvalue weighted by Gasteiger charge is 2.03. The number of sulfonamides is 1. The lowest BCUT2D eigenvalue weighted by molar-refractivity contribution is 0.600. The maximum Gasteiger partial charge on any atom is 0.137 e. The molecule has 0 spiro atoms. The highest BCUT2D eigenvalue weighted by Crippen LogP contribution is 2.15. The SMILES string of the molecule is Cc1ccc(S(=O)(=O)[N-]Cl)nc1. The van der Waals surface area contributed by atoms with Crippen molar-refractivity contribution in [3.8, 4) is 0 Å². The molecule has 0 aliphatic carbocycles. The van der Waals surface area contributed by atoms with Crippen molar-refractivity contribution in [3.05, 3.63) is 28.1 Å². The Morgan fingerprint density at radius 3 is 2.58 bits per heavy atom. The summed E-state index contributed by atoms with van der Waals surface area (Å²) < 4.78 is 24.6. The second-order valence-electron chi connectivity index (χ2n) is 2.22. The Hall–Kier alpha value is -0.650. The fourth-order valence-electron chi connectivity index (χ4n) is 0.642. The Labute approximate surface area is 75.7 Å². The molecule has 0 unspecified atom stereocenters. The second kappa shape index (κ2) is 3.38. The molecule has 6 heteroatoms. The molecule has 0 saturated heterocycles. The molecule has 1 heterocycles. The number of hydrogen-bond acceptors (Lipinski definition) is 3. The predicted molar refractivity (Wildman–Crippen MR) is 45.4 cm³/mol. The van der Waals surface area contributed by atoms with E-state index in [1.54, 1.807) is 13.0 Å². The standard InChI is InChI=1S/C6H6ClN2O2S/c1-5-2-3-6(8-4-5)12(10,11)9-7/h2-4H,1H3/q-1. The van der Waals surface area contributed by atoms with Gasteiger partial charge in [-0.25, -0.2) is 13.4 Å². The van der Waals surface area contributed by atoms with Crippen molar-refractivity contribution in [2.45, 2.75) is 11.9 Å². The van der Waals surface area contributed by atoms with Crippen LogP contribution in [0, 0.1) is 6.92 Å². The number of halogens is 1. The maximum absolute atomic E-state index is 11.0. The molecule has 1 aromatic rings. The summed E-state index contributed by atoms with van der Waals surface area (Å²) >= 11 is 4.86. The number of aryl methyl sites for hydroxylation is 1. The van der Waals surface area contributed by atoms with Gasteiger partial charge in [0.1, 0.15) is 15.0 Å². The van der Waals surface area contributed by atoms with Gasteiger partial charge in [-0.2, -0.15) is 0 Å². The summed E-state index contributed by atoms with van der Waals surface area (Å²) in [6, 6.07) is 2.98. The molecule has 0 aromatic carbocycles. The van der Waals surface area contributed by atoms with E-state index in [4.69, 9.17) is 11.8 Å². The van der Waals surface area contributed by atoms with Gasteiger partial charge in [0, 0.05) is 6.20 Å². The van der Waals surface area contributed by atoms with Gasteiger partial charge in [0.05, 0.1) is 0 Å². The van der Waals surface area contributed by atoms with Gasteiger partial charge in [-0.1, -0.05) is 6.07 Å². The third-order valence-electron chi connectivity index (χ3n) is 1.24. The Morgan fingerprint density at radius 2 is 2.17 bits per heavy atom. The fourth-order valence-corrected chi connectivity index (χ4v) is 1.35. The van der Waals surface area contributed by atoms with Gasteiger partial charge in [-0.15, -0.1) is 0 Å². The predicted octanol–water partition coefficient (Wildman–Crippen LogP) is 1.61. The zero-order valence-corrected chi connectivity index (χ0v) is 7.80. The maximum atomic E-state index is 11.0. The average molecular weight is 206 g/mol. The van der Waals surface area contributed by atoms with E-state index in [2.05, 4.69) is 9.23 Å². The summed E-state index contributed by atoms with van der Waals surface area (Å²) in [5, 5.41) is -0.136. The Balaban J connectivity index is 3.14. The van der Waals surface area contributed by atoms with Crippen molar-refractivity contribution >= 4 is 21.8 Å². The summed E-state index contributed by atoms with van der Waals surface area (Å²) in [4.78, 5) is 3.65. The Morgan fingerprint density at radius 1 is 1.50 bits per heavy atom. The first-order chi connectivity index (χ1) is 5.56. The van der Waals surface area contributed by atoms with Crippen LogP contribution in [-0.2, 0) is 10.0 Å². The van der Waals surface area contributed by atoms with Crippen LogP contribution < -0.4 is 0 Å². The normalized spacial score (nSPS) is 11.5. The molecule has 0 radical (unpaired) electrons. The molecule has 4 nitrogen and oxygen atoms in total. The number of hydrogen-bond donors (Lipinski definition) is 0. The van der Waals surface area contributed by atoms with Crippen molar-refractivity contribution in [1.29, 1.82) is 0 Å². The van der Waals surface area contributed by atoms with Crippen LogP contribution in [0.5, 0.6) is 0 Å². The summed E-state index contributed by atoms with van der Waals surface area (Å²) in [6.45, 7) is 1.81. The monoisotopic (exact) mass is 205 g/mol. The number of rotatable bonds is 2. The molecule has 66 valence electrons. The minimum atomic E-state index is -3.74. The van der Waals surface area contributed by atoms with Crippen LogP contribution in [0.1, 0.15) is 5.56 Å². The fraction of sp³-hybridized carbons (Fsp3) is 0.167. The molecule has 0 saturated carbocycles. The van der Waals surface area contributed by atoms with E-state index < -0.39 is 10.0 Å². The third kappa shape index (κ3) is 1.94. The van der Waals surface area contributed by atoms with E-state index in [1.807, 2.05) is 0 Å². The van der Waals surface area contributed by atoms with Gasteiger partial charge in [0.25, 0.3) is 0 Å². The van der Waals surface area contributed by atoms with Gasteiger partial charge in [-0.05, 0) is 18.6 Å². The number of nitrogens with zero attached hydrogens (tertiary/aromatic N) is 2. The van der Waals surface area contributed by atoms with Crippen molar-refractivity contribution in [3.63, 3.8) is 0 Å². The lowest BCUT2D eigenvalue weighted by Crippen LogP contribution is -1.98. The molecule has 0 aliphatic rings. The molecule has 0 atom stereocenters. The summed E-state index contributed by atoms with van der Waals surface area (Å²) in [6.07, 6.45) is 1.44. The lowest BCUT2D eigenvalue weighted by atomic mass is 10.3. The number of aromatic nitrogens is 1. The van der Waals surface area contributed by atoms with Crippen LogP contribution in [0.4, 0.5) is 0 Å². The Bertz CT molecular complexity index is 360. The molecule has 1 rings (SSSR count). The average Bonchev–Trinajstić information content (AvgIpc) is 2.05. The van der Waals surface area contributed by atoms with Crippen molar-refractivity contribution in [2.75, 3.05) is 0 Å². The third-order valence-corrected chi connectivity index (χ3v) is 2.74. The van der Waals surface area contributed by atoms with Crippen molar-refractivity contribution in [1.82, 2.24) is 4.98 Å².